The summed E-state index contributed by atoms with van der Waals surface area (Å²) in [6, 6.07) is 10.2. The number of carbonyl (C=O) groups excluding carboxylic acids is 3. The van der Waals surface area contributed by atoms with E-state index < -0.39 is 29.6 Å². The van der Waals surface area contributed by atoms with Gasteiger partial charge in [0.25, 0.3) is 11.8 Å². The van der Waals surface area contributed by atoms with E-state index in [9.17, 15) is 19.5 Å². The van der Waals surface area contributed by atoms with Gasteiger partial charge in [-0.2, -0.15) is 0 Å². The van der Waals surface area contributed by atoms with Crippen LogP contribution >= 0.6 is 0 Å². The predicted molar refractivity (Wildman–Crippen MR) is 135 cm³/mol. The van der Waals surface area contributed by atoms with Gasteiger partial charge in [0.1, 0.15) is 5.75 Å². The minimum atomic E-state index is -0.687. The van der Waals surface area contributed by atoms with Gasteiger partial charge >= 0.3 is 5.97 Å². The zero-order valence-corrected chi connectivity index (χ0v) is 21.6. The molecule has 0 radical (unpaired) electrons. The first-order valence-electron chi connectivity index (χ1n) is 12.4. The zero-order valence-electron chi connectivity index (χ0n) is 21.6. The minimum Gasteiger partial charge on any atom is -0.508 e. The van der Waals surface area contributed by atoms with Gasteiger partial charge in [-0.25, -0.2) is 4.79 Å². The lowest BCUT2D eigenvalue weighted by Crippen LogP contribution is -2.50. The summed E-state index contributed by atoms with van der Waals surface area (Å²) in [6.07, 6.45) is 2.14. The van der Waals surface area contributed by atoms with Crippen molar-refractivity contribution in [3.63, 3.8) is 0 Å². The Bertz CT molecular complexity index is 1130. The molecule has 7 heteroatoms. The molecule has 2 aromatic rings. The van der Waals surface area contributed by atoms with Crippen molar-refractivity contribution in [3.8, 4) is 5.75 Å². The van der Waals surface area contributed by atoms with Crippen LogP contribution in [0.25, 0.3) is 10.8 Å². The normalized spacial score (nSPS) is 20.1. The Kier molecular flexibility index (Phi) is 7.60. The summed E-state index contributed by atoms with van der Waals surface area (Å²) in [5.74, 6) is -2.75. The fraction of sp³-hybridized carbons (Fsp3) is 0.536. The number of amides is 2. The summed E-state index contributed by atoms with van der Waals surface area (Å²) in [6.45, 7) is 12.1. The average molecular weight is 483 g/mol. The van der Waals surface area contributed by atoms with Crippen LogP contribution in [0.4, 0.5) is 0 Å². The first kappa shape index (κ1) is 26.7. The maximum atomic E-state index is 13.1. The van der Waals surface area contributed by atoms with Crippen LogP contribution in [0.2, 0.25) is 0 Å². The molecule has 1 aliphatic rings. The van der Waals surface area contributed by atoms with Crippen LogP contribution in [0.3, 0.4) is 0 Å². The summed E-state index contributed by atoms with van der Waals surface area (Å²) in [7, 11) is 0. The Morgan fingerprint density at radius 2 is 1.74 bits per heavy atom. The van der Waals surface area contributed by atoms with Crippen LogP contribution in [0.15, 0.2) is 36.4 Å². The van der Waals surface area contributed by atoms with E-state index >= 15 is 0 Å². The van der Waals surface area contributed by atoms with E-state index in [0.29, 0.717) is 17.0 Å². The summed E-state index contributed by atoms with van der Waals surface area (Å²) in [5.41, 5.74) is 6.90. The number of imide groups is 1. The number of benzene rings is 2. The molecule has 1 heterocycles. The molecule has 1 aliphatic heterocycles. The van der Waals surface area contributed by atoms with Crippen molar-refractivity contribution in [1.29, 1.82) is 0 Å². The van der Waals surface area contributed by atoms with Crippen molar-refractivity contribution >= 4 is 28.6 Å². The maximum Gasteiger partial charge on any atom is 0.340 e. The van der Waals surface area contributed by atoms with Gasteiger partial charge in [-0.3, -0.25) is 9.59 Å². The lowest BCUT2D eigenvalue weighted by atomic mass is 9.63. The van der Waals surface area contributed by atoms with E-state index in [2.05, 4.69) is 34.6 Å². The molecule has 0 aromatic heterocycles. The average Bonchev–Trinajstić information content (AvgIpc) is 3.09. The van der Waals surface area contributed by atoms with Gasteiger partial charge in [0.05, 0.1) is 11.8 Å². The lowest BCUT2D eigenvalue weighted by molar-refractivity contribution is -0.199. The topological polar surface area (TPSA) is 110 Å². The second-order valence-electron chi connectivity index (χ2n) is 10.9. The molecule has 0 aliphatic carbocycles. The van der Waals surface area contributed by atoms with Crippen LogP contribution in [0, 0.1) is 16.7 Å². The minimum absolute atomic E-state index is 0.00876. The molecule has 2 amide bonds. The fourth-order valence-corrected chi connectivity index (χ4v) is 4.97. The lowest BCUT2D eigenvalue weighted by Gasteiger charge is -2.44. The molecule has 0 saturated carbocycles. The summed E-state index contributed by atoms with van der Waals surface area (Å²) >= 11 is 0. The van der Waals surface area contributed by atoms with Gasteiger partial charge in [-0.05, 0) is 65.5 Å². The molecule has 1 saturated heterocycles. The predicted octanol–water partition coefficient (Wildman–Crippen LogP) is 5.05. The van der Waals surface area contributed by atoms with Gasteiger partial charge in [0, 0.05) is 12.5 Å². The molecule has 1 fully saturated rings. The Morgan fingerprint density at radius 3 is 2.37 bits per heavy atom. The molecule has 2 aromatic carbocycles. The van der Waals surface area contributed by atoms with E-state index in [1.54, 1.807) is 31.2 Å². The third kappa shape index (κ3) is 5.35. The number of aromatic hydroxyl groups is 1. The number of phenols is 1. The van der Waals surface area contributed by atoms with Gasteiger partial charge in [0.15, 0.2) is 0 Å². The molecule has 190 valence electrons. The van der Waals surface area contributed by atoms with Crippen LogP contribution in [-0.4, -0.2) is 34.0 Å². The number of rotatable bonds is 9. The smallest absolute Gasteiger partial charge is 0.340 e. The van der Waals surface area contributed by atoms with E-state index in [-0.39, 0.29) is 29.0 Å². The van der Waals surface area contributed by atoms with Crippen LogP contribution in [0.5, 0.6) is 5.75 Å². The molecule has 0 spiro atoms. The Hall–Kier alpha value is -2.93. The van der Waals surface area contributed by atoms with E-state index in [0.717, 1.165) is 23.6 Å². The van der Waals surface area contributed by atoms with Gasteiger partial charge in [-0.15, -0.1) is 5.06 Å². The van der Waals surface area contributed by atoms with E-state index in [4.69, 9.17) is 10.6 Å². The third-order valence-electron chi connectivity index (χ3n) is 8.10. The van der Waals surface area contributed by atoms with Crippen molar-refractivity contribution in [1.82, 2.24) is 5.06 Å². The van der Waals surface area contributed by atoms with Crippen molar-refractivity contribution in [3.05, 3.63) is 42.0 Å². The van der Waals surface area contributed by atoms with Crippen LogP contribution in [-0.2, 0) is 19.2 Å². The zero-order chi connectivity index (χ0) is 26.1. The molecule has 3 N–H and O–H groups in total. The van der Waals surface area contributed by atoms with Crippen molar-refractivity contribution < 1.29 is 24.3 Å². The Balaban J connectivity index is 1.72. The van der Waals surface area contributed by atoms with Crippen molar-refractivity contribution in [2.24, 2.45) is 22.5 Å². The highest BCUT2D eigenvalue weighted by atomic mass is 16.7. The number of nitrogens with zero attached hydrogens (tertiary/aromatic N) is 1. The third-order valence-corrected chi connectivity index (χ3v) is 8.10. The number of hydrogen-bond donors (Lipinski definition) is 2. The number of hydrogen-bond acceptors (Lipinski definition) is 6. The first-order chi connectivity index (χ1) is 16.3. The summed E-state index contributed by atoms with van der Waals surface area (Å²) in [4.78, 5) is 44.0. The van der Waals surface area contributed by atoms with E-state index in [1.807, 2.05) is 12.1 Å². The second-order valence-corrected chi connectivity index (χ2v) is 10.9. The molecule has 35 heavy (non-hydrogen) atoms. The number of nitrogens with two attached hydrogens (primary N) is 1. The molecular formula is C28H38N2O5. The number of hydroxylamine groups is 2. The SMILES string of the molecule is CCC(C)(C)C(N)C(C)(CC)CC1CC(=O)N(OC(=O)[C@@H](C)c2ccc3cc(O)ccc3c2)C1=O. The number of phenolic OH excluding ortho intramolecular Hbond substituents is 1. The first-order valence-corrected chi connectivity index (χ1v) is 12.4. The summed E-state index contributed by atoms with van der Waals surface area (Å²) in [5, 5.41) is 12.0. The quantitative estimate of drug-likeness (QED) is 0.484. The maximum absolute atomic E-state index is 13.1. The van der Waals surface area contributed by atoms with E-state index in [1.165, 1.54) is 0 Å². The van der Waals surface area contributed by atoms with Crippen LogP contribution in [0.1, 0.15) is 78.7 Å². The van der Waals surface area contributed by atoms with Gasteiger partial charge < -0.3 is 15.7 Å². The summed E-state index contributed by atoms with van der Waals surface area (Å²) < 4.78 is 0. The van der Waals surface area contributed by atoms with Gasteiger partial charge in [-0.1, -0.05) is 58.9 Å². The highest BCUT2D eigenvalue weighted by Gasteiger charge is 2.48. The number of carbonyl (C=O) groups is 3. The van der Waals surface area contributed by atoms with Gasteiger partial charge in [0.2, 0.25) is 0 Å². The molecule has 3 rings (SSSR count). The fourth-order valence-electron chi connectivity index (χ4n) is 4.97. The highest BCUT2D eigenvalue weighted by Crippen LogP contribution is 2.44. The Labute approximate surface area is 207 Å². The van der Waals surface area contributed by atoms with Crippen molar-refractivity contribution in [2.75, 3.05) is 0 Å². The largest absolute Gasteiger partial charge is 0.508 e. The Morgan fingerprint density at radius 1 is 1.11 bits per heavy atom. The second kappa shape index (κ2) is 9.97. The monoisotopic (exact) mass is 482 g/mol. The highest BCUT2D eigenvalue weighted by molar-refractivity contribution is 6.03. The van der Waals surface area contributed by atoms with Crippen LogP contribution < -0.4 is 5.73 Å². The standard InChI is InChI=1S/C28H38N2O5/c1-7-27(4,5)26(29)28(6,8-2)16-21-15-23(32)30(24(21)33)35-25(34)17(3)18-9-10-20-14-22(31)12-11-19(20)13-18/h9-14,17,21,26,31H,7-8,15-16,29H2,1-6H3/t17-,21?,26?,28?/m0/s1. The molecule has 0 bridgehead atoms. The molecular weight excluding hydrogens is 444 g/mol. The molecule has 4 atom stereocenters. The number of fused-ring (bicyclic) bond motifs is 1. The molecule has 7 nitrogen and oxygen atoms in total. The molecule has 3 unspecified atom stereocenters. The van der Waals surface area contributed by atoms with Crippen molar-refractivity contribution in [2.45, 2.75) is 79.2 Å².